The lowest BCUT2D eigenvalue weighted by Gasteiger charge is -2.13. The summed E-state index contributed by atoms with van der Waals surface area (Å²) in [5, 5.41) is 2.36. The predicted molar refractivity (Wildman–Crippen MR) is 190 cm³/mol. The molecule has 8 rings (SSSR count). The number of fused-ring (bicyclic) bond motifs is 1. The highest BCUT2D eigenvalue weighted by molar-refractivity contribution is 6.05. The topological polar surface area (TPSA) is 38.7 Å². The molecule has 0 aliphatic heterocycles. The average molecular weight is 606 g/mol. The van der Waals surface area contributed by atoms with Gasteiger partial charge in [-0.25, -0.2) is 19.3 Å². The van der Waals surface area contributed by atoms with Crippen LogP contribution < -0.4 is 0 Å². The van der Waals surface area contributed by atoms with Gasteiger partial charge in [0.1, 0.15) is 5.82 Å². The maximum atomic E-state index is 13.4. The standard InChI is InChI=1S/C43H28FN3/c44-36-25-23-30(24-26-36)29-15-17-31(18-16-29)37-27-28-38(40-14-8-7-13-39(37)40)32-19-21-35(22-20-32)43-46-41(33-9-3-1-4-10-33)45-42(47-43)34-11-5-2-6-12-34/h1-28H. The van der Waals surface area contributed by atoms with E-state index >= 15 is 0 Å². The van der Waals surface area contributed by atoms with E-state index in [9.17, 15) is 4.39 Å². The molecule has 3 nitrogen and oxygen atoms in total. The van der Waals surface area contributed by atoms with Crippen LogP contribution in [0.5, 0.6) is 0 Å². The van der Waals surface area contributed by atoms with Gasteiger partial charge in [0, 0.05) is 16.7 Å². The van der Waals surface area contributed by atoms with E-state index in [1.165, 1.54) is 28.5 Å². The molecule has 0 saturated carbocycles. The lowest BCUT2D eigenvalue weighted by Crippen LogP contribution is -2.00. The Bertz CT molecular complexity index is 2260. The smallest absolute Gasteiger partial charge is 0.164 e. The van der Waals surface area contributed by atoms with Crippen molar-refractivity contribution in [3.8, 4) is 67.5 Å². The first kappa shape index (κ1) is 28.2. The number of hydrogen-bond acceptors (Lipinski definition) is 3. The summed E-state index contributed by atoms with van der Waals surface area (Å²) >= 11 is 0. The van der Waals surface area contributed by atoms with Crippen LogP contribution in [0.1, 0.15) is 0 Å². The second-order valence-corrected chi connectivity index (χ2v) is 11.4. The molecular weight excluding hydrogens is 577 g/mol. The second-order valence-electron chi connectivity index (χ2n) is 11.4. The molecule has 7 aromatic carbocycles. The van der Waals surface area contributed by atoms with Crippen molar-refractivity contribution in [2.45, 2.75) is 0 Å². The molecule has 4 heteroatoms. The number of rotatable bonds is 6. The Labute approximate surface area is 272 Å². The lowest BCUT2D eigenvalue weighted by molar-refractivity contribution is 0.628. The molecule has 0 spiro atoms. The van der Waals surface area contributed by atoms with Crippen molar-refractivity contribution in [1.29, 1.82) is 0 Å². The van der Waals surface area contributed by atoms with Gasteiger partial charge < -0.3 is 0 Å². The van der Waals surface area contributed by atoms with Gasteiger partial charge in [0.2, 0.25) is 0 Å². The molecule has 0 radical (unpaired) electrons. The number of benzene rings is 7. The van der Waals surface area contributed by atoms with Gasteiger partial charge in [0.15, 0.2) is 17.5 Å². The zero-order valence-corrected chi connectivity index (χ0v) is 25.4. The van der Waals surface area contributed by atoms with Crippen LogP contribution in [-0.4, -0.2) is 15.0 Å². The fourth-order valence-corrected chi connectivity index (χ4v) is 6.02. The Hall–Kier alpha value is -6.26. The average Bonchev–Trinajstić information content (AvgIpc) is 3.15. The highest BCUT2D eigenvalue weighted by Gasteiger charge is 2.14. The summed E-state index contributed by atoms with van der Waals surface area (Å²) in [6, 6.07) is 56.5. The number of aromatic nitrogens is 3. The van der Waals surface area contributed by atoms with E-state index < -0.39 is 0 Å². The molecular formula is C43H28FN3. The Morgan fingerprint density at radius 3 is 1.02 bits per heavy atom. The molecule has 8 aromatic rings. The zero-order valence-electron chi connectivity index (χ0n) is 25.4. The number of halogens is 1. The molecule has 0 aliphatic rings. The van der Waals surface area contributed by atoms with E-state index in [-0.39, 0.29) is 5.82 Å². The van der Waals surface area contributed by atoms with Crippen LogP contribution in [0.3, 0.4) is 0 Å². The molecule has 0 unspecified atom stereocenters. The Morgan fingerprint density at radius 1 is 0.277 bits per heavy atom. The summed E-state index contributed by atoms with van der Waals surface area (Å²) in [7, 11) is 0. The van der Waals surface area contributed by atoms with Gasteiger partial charge in [-0.05, 0) is 56.3 Å². The van der Waals surface area contributed by atoms with Crippen molar-refractivity contribution in [3.05, 3.63) is 176 Å². The van der Waals surface area contributed by atoms with Crippen LogP contribution in [0.15, 0.2) is 170 Å². The maximum absolute atomic E-state index is 13.4. The molecule has 0 aliphatic carbocycles. The fourth-order valence-electron chi connectivity index (χ4n) is 6.02. The first-order valence-corrected chi connectivity index (χ1v) is 15.6. The van der Waals surface area contributed by atoms with Crippen molar-refractivity contribution >= 4 is 10.8 Å². The van der Waals surface area contributed by atoms with Crippen LogP contribution in [0.4, 0.5) is 4.39 Å². The summed E-state index contributed by atoms with van der Waals surface area (Å²) < 4.78 is 13.4. The molecule has 1 heterocycles. The van der Waals surface area contributed by atoms with E-state index in [0.717, 1.165) is 44.5 Å². The lowest BCUT2D eigenvalue weighted by atomic mass is 9.91. The van der Waals surface area contributed by atoms with E-state index in [1.807, 2.05) is 72.8 Å². The van der Waals surface area contributed by atoms with Crippen LogP contribution in [0.2, 0.25) is 0 Å². The van der Waals surface area contributed by atoms with Crippen molar-refractivity contribution in [1.82, 2.24) is 15.0 Å². The third-order valence-electron chi connectivity index (χ3n) is 8.45. The molecule has 0 atom stereocenters. The Kier molecular flexibility index (Phi) is 7.37. The highest BCUT2D eigenvalue weighted by Crippen LogP contribution is 2.37. The molecule has 0 N–H and O–H groups in total. The summed E-state index contributed by atoms with van der Waals surface area (Å²) in [6.45, 7) is 0. The minimum Gasteiger partial charge on any atom is -0.208 e. The SMILES string of the molecule is Fc1ccc(-c2ccc(-c3ccc(-c4ccc(-c5nc(-c6ccccc6)nc(-c6ccccc6)n5)cc4)c4ccccc34)cc2)cc1. The van der Waals surface area contributed by atoms with Crippen molar-refractivity contribution in [3.63, 3.8) is 0 Å². The van der Waals surface area contributed by atoms with Gasteiger partial charge in [0.05, 0.1) is 0 Å². The fraction of sp³-hybridized carbons (Fsp3) is 0. The van der Waals surface area contributed by atoms with Crippen molar-refractivity contribution < 1.29 is 4.39 Å². The van der Waals surface area contributed by atoms with Gasteiger partial charge in [0.25, 0.3) is 0 Å². The number of hydrogen-bond donors (Lipinski definition) is 0. The number of nitrogens with zero attached hydrogens (tertiary/aromatic N) is 3. The largest absolute Gasteiger partial charge is 0.208 e. The van der Waals surface area contributed by atoms with Gasteiger partial charge in [-0.1, -0.05) is 158 Å². The predicted octanol–water partition coefficient (Wildman–Crippen LogP) is 11.2. The van der Waals surface area contributed by atoms with Crippen LogP contribution in [0, 0.1) is 5.82 Å². The van der Waals surface area contributed by atoms with Gasteiger partial charge in [-0.15, -0.1) is 0 Å². The quantitative estimate of drug-likeness (QED) is 0.189. The Balaban J connectivity index is 1.15. The minimum atomic E-state index is -0.230. The summed E-state index contributed by atoms with van der Waals surface area (Å²) in [4.78, 5) is 14.6. The summed E-state index contributed by atoms with van der Waals surface area (Å²) in [5.41, 5.74) is 9.43. The minimum absolute atomic E-state index is 0.230. The van der Waals surface area contributed by atoms with E-state index in [2.05, 4.69) is 84.9 Å². The summed E-state index contributed by atoms with van der Waals surface area (Å²) in [5.74, 6) is 1.69. The maximum Gasteiger partial charge on any atom is 0.164 e. The van der Waals surface area contributed by atoms with E-state index in [0.29, 0.717) is 17.5 Å². The van der Waals surface area contributed by atoms with Gasteiger partial charge >= 0.3 is 0 Å². The zero-order chi connectivity index (χ0) is 31.6. The van der Waals surface area contributed by atoms with Gasteiger partial charge in [-0.3, -0.25) is 0 Å². The molecule has 0 saturated heterocycles. The Morgan fingerprint density at radius 2 is 0.596 bits per heavy atom. The van der Waals surface area contributed by atoms with Crippen molar-refractivity contribution in [2.24, 2.45) is 0 Å². The molecule has 47 heavy (non-hydrogen) atoms. The normalized spacial score (nSPS) is 11.1. The molecule has 222 valence electrons. The van der Waals surface area contributed by atoms with E-state index in [1.54, 1.807) is 0 Å². The molecule has 1 aromatic heterocycles. The third kappa shape index (κ3) is 5.69. The molecule has 0 fully saturated rings. The van der Waals surface area contributed by atoms with E-state index in [4.69, 9.17) is 15.0 Å². The first-order valence-electron chi connectivity index (χ1n) is 15.6. The summed E-state index contributed by atoms with van der Waals surface area (Å²) in [6.07, 6.45) is 0. The first-order chi connectivity index (χ1) is 23.2. The van der Waals surface area contributed by atoms with Crippen LogP contribution >= 0.6 is 0 Å². The highest BCUT2D eigenvalue weighted by atomic mass is 19.1. The van der Waals surface area contributed by atoms with Crippen LogP contribution in [-0.2, 0) is 0 Å². The van der Waals surface area contributed by atoms with Gasteiger partial charge in [-0.2, -0.15) is 0 Å². The van der Waals surface area contributed by atoms with Crippen molar-refractivity contribution in [2.75, 3.05) is 0 Å². The van der Waals surface area contributed by atoms with Crippen LogP contribution in [0.25, 0.3) is 78.3 Å². The monoisotopic (exact) mass is 605 g/mol. The molecule has 0 amide bonds. The molecule has 0 bridgehead atoms. The second kappa shape index (κ2) is 12.3. The third-order valence-corrected chi connectivity index (χ3v) is 8.45.